The molecule has 1 saturated carbocycles. The normalized spacial score (nSPS) is 30.4. The predicted molar refractivity (Wildman–Crippen MR) is 94.6 cm³/mol. The van der Waals surface area contributed by atoms with E-state index in [1.165, 1.54) is 6.42 Å². The number of aliphatic hydroxyl groups excluding tert-OH is 1. The third-order valence-electron chi connectivity index (χ3n) is 5.50. The number of amides is 2. The summed E-state index contributed by atoms with van der Waals surface area (Å²) in [5.74, 6) is -0.0358. The number of carbonyl (C=O) groups excluding carboxylic acids is 2. The first kappa shape index (κ1) is 19.5. The molecule has 2 saturated heterocycles. The van der Waals surface area contributed by atoms with Crippen molar-refractivity contribution in [2.45, 2.75) is 62.8 Å². The summed E-state index contributed by atoms with van der Waals surface area (Å²) < 4.78 is 11.2. The van der Waals surface area contributed by atoms with Crippen LogP contribution in [0.5, 0.6) is 0 Å². The maximum Gasteiger partial charge on any atom is 0.234 e. The minimum absolute atomic E-state index is 0.0196. The first-order chi connectivity index (χ1) is 12.6. The zero-order valence-electron chi connectivity index (χ0n) is 15.3. The lowest BCUT2D eigenvalue weighted by Gasteiger charge is -2.37. The van der Waals surface area contributed by atoms with E-state index in [2.05, 4.69) is 15.5 Å². The van der Waals surface area contributed by atoms with E-state index in [1.807, 2.05) is 0 Å². The Labute approximate surface area is 154 Å². The molecule has 8 heteroatoms. The molecular weight excluding hydrogens is 338 g/mol. The Hall–Kier alpha value is -1.22. The highest BCUT2D eigenvalue weighted by Gasteiger charge is 2.33. The molecular formula is C18H31N3O5. The summed E-state index contributed by atoms with van der Waals surface area (Å²) >= 11 is 0. The molecule has 0 aromatic carbocycles. The van der Waals surface area contributed by atoms with Crippen molar-refractivity contribution in [3.63, 3.8) is 0 Å². The Balaban J connectivity index is 1.40. The summed E-state index contributed by atoms with van der Waals surface area (Å²) in [6.07, 6.45) is 4.39. The Morgan fingerprint density at radius 1 is 1.04 bits per heavy atom. The van der Waals surface area contributed by atoms with E-state index in [-0.39, 0.29) is 30.6 Å². The molecule has 3 N–H and O–H groups in total. The number of ether oxygens (including phenoxy) is 2. The summed E-state index contributed by atoms with van der Waals surface area (Å²) in [4.78, 5) is 26.4. The molecule has 0 aromatic rings. The second-order valence-corrected chi connectivity index (χ2v) is 7.52. The topological polar surface area (TPSA) is 100 Å². The Bertz CT molecular complexity index is 479. The fourth-order valence-electron chi connectivity index (χ4n) is 3.71. The smallest absolute Gasteiger partial charge is 0.234 e. The minimum Gasteiger partial charge on any atom is -0.394 e. The van der Waals surface area contributed by atoms with E-state index >= 15 is 0 Å². The van der Waals surface area contributed by atoms with Crippen molar-refractivity contribution in [1.29, 1.82) is 0 Å². The molecule has 3 aliphatic rings. The van der Waals surface area contributed by atoms with Crippen LogP contribution in [0.3, 0.4) is 0 Å². The van der Waals surface area contributed by atoms with Gasteiger partial charge in [-0.2, -0.15) is 0 Å². The Morgan fingerprint density at radius 2 is 1.81 bits per heavy atom. The van der Waals surface area contributed by atoms with Gasteiger partial charge in [0.1, 0.15) is 6.10 Å². The van der Waals surface area contributed by atoms with E-state index in [1.54, 1.807) is 0 Å². The van der Waals surface area contributed by atoms with Gasteiger partial charge in [0.25, 0.3) is 0 Å². The fraction of sp³-hybridized carbons (Fsp3) is 0.889. The Kier molecular flexibility index (Phi) is 7.24. The van der Waals surface area contributed by atoms with E-state index < -0.39 is 6.10 Å². The van der Waals surface area contributed by atoms with E-state index in [0.29, 0.717) is 45.1 Å². The molecule has 3 rings (SSSR count). The summed E-state index contributed by atoms with van der Waals surface area (Å²) in [5.41, 5.74) is 0. The van der Waals surface area contributed by atoms with Gasteiger partial charge < -0.3 is 25.2 Å². The highest BCUT2D eigenvalue weighted by atomic mass is 16.5. The number of rotatable bonds is 7. The maximum atomic E-state index is 12.3. The molecule has 148 valence electrons. The molecule has 8 nitrogen and oxygen atoms in total. The molecule has 0 spiro atoms. The minimum atomic E-state index is -0.459. The lowest BCUT2D eigenvalue weighted by atomic mass is 9.92. The average molecular weight is 369 g/mol. The largest absolute Gasteiger partial charge is 0.394 e. The van der Waals surface area contributed by atoms with Gasteiger partial charge in [-0.1, -0.05) is 0 Å². The van der Waals surface area contributed by atoms with Gasteiger partial charge in [0.2, 0.25) is 11.8 Å². The molecule has 0 bridgehead atoms. The summed E-state index contributed by atoms with van der Waals surface area (Å²) in [7, 11) is 0. The second-order valence-electron chi connectivity index (χ2n) is 7.52. The van der Waals surface area contributed by atoms with Crippen LogP contribution in [0.25, 0.3) is 0 Å². The van der Waals surface area contributed by atoms with Crippen LogP contribution in [-0.4, -0.2) is 85.6 Å². The standard InChI is InChI=1S/C18H31N3O5/c22-12-16-15(20-18(24)11-21-6-8-25-9-7-21)5-4-14(26-16)10-17(23)19-13-2-1-3-13/h13-16,22H,1-12H2,(H,19,23)(H,20,24)/t14-,15-,16+/m1/s1. The molecule has 2 aliphatic heterocycles. The number of hydrogen-bond acceptors (Lipinski definition) is 6. The molecule has 0 unspecified atom stereocenters. The number of aliphatic hydroxyl groups is 1. The predicted octanol–water partition coefficient (Wildman–Crippen LogP) is -0.598. The summed E-state index contributed by atoms with van der Waals surface area (Å²) in [5, 5.41) is 15.6. The van der Waals surface area contributed by atoms with Gasteiger partial charge >= 0.3 is 0 Å². The summed E-state index contributed by atoms with van der Waals surface area (Å²) in [6.45, 7) is 3.01. The van der Waals surface area contributed by atoms with Crippen LogP contribution in [-0.2, 0) is 19.1 Å². The van der Waals surface area contributed by atoms with E-state index in [9.17, 15) is 14.7 Å². The van der Waals surface area contributed by atoms with Crippen molar-refractivity contribution in [1.82, 2.24) is 15.5 Å². The third kappa shape index (κ3) is 5.64. The molecule has 3 atom stereocenters. The molecule has 2 heterocycles. The number of hydrogen-bond donors (Lipinski definition) is 3. The van der Waals surface area contributed by atoms with Crippen molar-refractivity contribution in [3.05, 3.63) is 0 Å². The monoisotopic (exact) mass is 369 g/mol. The number of nitrogens with one attached hydrogen (secondary N) is 2. The lowest BCUT2D eigenvalue weighted by Crippen LogP contribution is -2.54. The summed E-state index contributed by atoms with van der Waals surface area (Å²) in [6, 6.07) is 0.117. The highest BCUT2D eigenvalue weighted by Crippen LogP contribution is 2.23. The van der Waals surface area contributed by atoms with Crippen LogP contribution in [0.2, 0.25) is 0 Å². The molecule has 3 fully saturated rings. The van der Waals surface area contributed by atoms with Crippen molar-refractivity contribution in [3.8, 4) is 0 Å². The Morgan fingerprint density at radius 3 is 2.46 bits per heavy atom. The van der Waals surface area contributed by atoms with Gasteiger partial charge in [0, 0.05) is 19.1 Å². The van der Waals surface area contributed by atoms with Gasteiger partial charge in [-0.25, -0.2) is 0 Å². The van der Waals surface area contributed by atoms with Crippen molar-refractivity contribution >= 4 is 11.8 Å². The second kappa shape index (κ2) is 9.64. The first-order valence-electron chi connectivity index (χ1n) is 9.79. The van der Waals surface area contributed by atoms with E-state index in [4.69, 9.17) is 9.47 Å². The SMILES string of the molecule is O=C(C[C@H]1CC[C@@H](NC(=O)CN2CCOCC2)[C@H](CO)O1)NC1CCC1. The maximum absolute atomic E-state index is 12.3. The molecule has 0 radical (unpaired) electrons. The van der Waals surface area contributed by atoms with Crippen LogP contribution >= 0.6 is 0 Å². The highest BCUT2D eigenvalue weighted by molar-refractivity contribution is 5.78. The van der Waals surface area contributed by atoms with Gasteiger partial charge in [-0.05, 0) is 32.1 Å². The molecule has 2 amide bonds. The zero-order valence-corrected chi connectivity index (χ0v) is 15.3. The fourth-order valence-corrected chi connectivity index (χ4v) is 3.71. The van der Waals surface area contributed by atoms with Gasteiger partial charge in [0.15, 0.2) is 0 Å². The zero-order chi connectivity index (χ0) is 18.4. The molecule has 1 aliphatic carbocycles. The molecule has 0 aromatic heterocycles. The van der Waals surface area contributed by atoms with E-state index in [0.717, 1.165) is 25.9 Å². The lowest BCUT2D eigenvalue weighted by molar-refractivity contribution is -0.137. The van der Waals surface area contributed by atoms with Gasteiger partial charge in [-0.15, -0.1) is 0 Å². The van der Waals surface area contributed by atoms with Crippen LogP contribution in [0.1, 0.15) is 38.5 Å². The van der Waals surface area contributed by atoms with Crippen molar-refractivity contribution < 1.29 is 24.2 Å². The van der Waals surface area contributed by atoms with Gasteiger partial charge in [-0.3, -0.25) is 14.5 Å². The van der Waals surface area contributed by atoms with Crippen LogP contribution in [0.15, 0.2) is 0 Å². The van der Waals surface area contributed by atoms with Crippen LogP contribution < -0.4 is 10.6 Å². The number of carbonyl (C=O) groups is 2. The molecule has 26 heavy (non-hydrogen) atoms. The average Bonchev–Trinajstić information content (AvgIpc) is 2.60. The van der Waals surface area contributed by atoms with Gasteiger partial charge in [0.05, 0.1) is 44.9 Å². The third-order valence-corrected chi connectivity index (χ3v) is 5.50. The quantitative estimate of drug-likeness (QED) is 0.554. The number of morpholine rings is 1. The van der Waals surface area contributed by atoms with Crippen LogP contribution in [0, 0.1) is 0 Å². The van der Waals surface area contributed by atoms with Crippen molar-refractivity contribution in [2.75, 3.05) is 39.5 Å². The van der Waals surface area contributed by atoms with Crippen LogP contribution in [0.4, 0.5) is 0 Å². The van der Waals surface area contributed by atoms with Crippen molar-refractivity contribution in [2.24, 2.45) is 0 Å². The number of nitrogens with zero attached hydrogens (tertiary/aromatic N) is 1. The first-order valence-corrected chi connectivity index (χ1v) is 9.79.